The molecule has 0 spiro atoms. The first-order valence-electron chi connectivity index (χ1n) is 6.20. The average Bonchev–Trinajstić information content (AvgIpc) is 2.46. The Hall–Kier alpha value is -1.85. The molecule has 0 aliphatic rings. The van der Waals surface area contributed by atoms with E-state index in [4.69, 9.17) is 0 Å². The minimum atomic E-state index is -0.940. The molecule has 3 rings (SSSR count). The zero-order valence-electron chi connectivity index (χ0n) is 10.8. The second kappa shape index (κ2) is 5.87. The fourth-order valence-corrected chi connectivity index (χ4v) is 3.48. The molecule has 0 bridgehead atoms. The first kappa shape index (κ1) is 14.1. The van der Waals surface area contributed by atoms with Crippen molar-refractivity contribution in [2.45, 2.75) is 9.92 Å². The lowest BCUT2D eigenvalue weighted by Crippen LogP contribution is -1.99. The van der Waals surface area contributed by atoms with E-state index in [1.807, 2.05) is 42.5 Å². The van der Waals surface area contributed by atoms with Crippen molar-refractivity contribution in [1.29, 1.82) is 0 Å². The highest BCUT2D eigenvalue weighted by atomic mass is 79.9. The summed E-state index contributed by atoms with van der Waals surface area (Å²) in [6.07, 6.45) is 0. The number of aromatic nitrogens is 1. The van der Waals surface area contributed by atoms with Crippen LogP contribution in [-0.4, -0.2) is 16.1 Å². The van der Waals surface area contributed by atoms with E-state index in [1.54, 1.807) is 12.1 Å². The number of pyridine rings is 1. The van der Waals surface area contributed by atoms with Crippen molar-refractivity contribution >= 4 is 44.6 Å². The molecule has 0 fully saturated rings. The summed E-state index contributed by atoms with van der Waals surface area (Å²) >= 11 is 4.87. The Morgan fingerprint density at radius 3 is 2.67 bits per heavy atom. The van der Waals surface area contributed by atoms with Crippen LogP contribution in [0.2, 0.25) is 0 Å². The number of carbonyl (C=O) groups is 1. The van der Waals surface area contributed by atoms with Crippen LogP contribution in [0.1, 0.15) is 10.4 Å². The highest BCUT2D eigenvalue weighted by Crippen LogP contribution is 2.31. The van der Waals surface area contributed by atoms with Crippen LogP contribution in [0.25, 0.3) is 10.9 Å². The molecule has 1 aromatic heterocycles. The fourth-order valence-electron chi connectivity index (χ4n) is 2.03. The normalized spacial score (nSPS) is 10.7. The maximum atomic E-state index is 11.4. The highest BCUT2D eigenvalue weighted by Gasteiger charge is 2.12. The van der Waals surface area contributed by atoms with Crippen LogP contribution in [-0.2, 0) is 0 Å². The molecule has 0 amide bonds. The molecule has 0 radical (unpaired) electrons. The highest BCUT2D eigenvalue weighted by molar-refractivity contribution is 9.10. The van der Waals surface area contributed by atoms with Crippen LogP contribution in [0.4, 0.5) is 0 Å². The van der Waals surface area contributed by atoms with Gasteiger partial charge in [0.25, 0.3) is 0 Å². The molecule has 0 unspecified atom stereocenters. The van der Waals surface area contributed by atoms with Gasteiger partial charge in [0.15, 0.2) is 0 Å². The van der Waals surface area contributed by atoms with Gasteiger partial charge in [0.1, 0.15) is 5.03 Å². The topological polar surface area (TPSA) is 50.2 Å². The summed E-state index contributed by atoms with van der Waals surface area (Å²) in [4.78, 5) is 17.0. The van der Waals surface area contributed by atoms with Gasteiger partial charge in [-0.2, -0.15) is 0 Å². The van der Waals surface area contributed by atoms with Crippen LogP contribution in [0.5, 0.6) is 0 Å². The Labute approximate surface area is 134 Å². The molecule has 21 heavy (non-hydrogen) atoms. The zero-order valence-corrected chi connectivity index (χ0v) is 13.2. The van der Waals surface area contributed by atoms with Crippen LogP contribution >= 0.6 is 27.7 Å². The average molecular weight is 360 g/mol. The molecule has 1 N–H and O–H groups in total. The Morgan fingerprint density at radius 2 is 1.90 bits per heavy atom. The van der Waals surface area contributed by atoms with Crippen molar-refractivity contribution in [2.75, 3.05) is 0 Å². The summed E-state index contributed by atoms with van der Waals surface area (Å²) in [5.41, 5.74) is 0.966. The number of nitrogens with zero attached hydrogens (tertiary/aromatic N) is 1. The molecule has 0 aliphatic heterocycles. The number of carboxylic acids is 1. The monoisotopic (exact) mass is 359 g/mol. The Bertz CT molecular complexity index is 835. The SMILES string of the molecule is O=C(O)c1cc(Sc2cccc(Br)c2)nc2ccccc12. The molecule has 1 heterocycles. The van der Waals surface area contributed by atoms with Crippen molar-refractivity contribution < 1.29 is 9.90 Å². The summed E-state index contributed by atoms with van der Waals surface area (Å²) < 4.78 is 0.978. The van der Waals surface area contributed by atoms with Crippen LogP contribution < -0.4 is 0 Å². The molecular formula is C16H10BrNO2S. The summed E-state index contributed by atoms with van der Waals surface area (Å²) in [6, 6.07) is 16.7. The zero-order chi connectivity index (χ0) is 14.8. The molecule has 3 aromatic rings. The van der Waals surface area contributed by atoms with Crippen LogP contribution in [0.15, 0.2) is 69.0 Å². The molecule has 0 saturated carbocycles. The lowest BCUT2D eigenvalue weighted by Gasteiger charge is -2.06. The van der Waals surface area contributed by atoms with Crippen molar-refractivity contribution in [3.8, 4) is 0 Å². The number of halogens is 1. The van der Waals surface area contributed by atoms with Crippen molar-refractivity contribution in [2.24, 2.45) is 0 Å². The Kier molecular flexibility index (Phi) is 3.94. The molecule has 104 valence electrons. The number of benzene rings is 2. The minimum absolute atomic E-state index is 0.276. The number of aromatic carboxylic acids is 1. The van der Waals surface area contributed by atoms with Crippen LogP contribution in [0.3, 0.4) is 0 Å². The first-order valence-corrected chi connectivity index (χ1v) is 7.81. The minimum Gasteiger partial charge on any atom is -0.478 e. The predicted molar refractivity (Wildman–Crippen MR) is 87.0 cm³/mol. The maximum absolute atomic E-state index is 11.4. The van der Waals surface area contributed by atoms with Crippen molar-refractivity contribution in [3.63, 3.8) is 0 Å². The van der Waals surface area contributed by atoms with Gasteiger partial charge in [-0.3, -0.25) is 0 Å². The van der Waals surface area contributed by atoms with Gasteiger partial charge in [-0.05, 0) is 30.3 Å². The summed E-state index contributed by atoms with van der Waals surface area (Å²) in [7, 11) is 0. The third kappa shape index (κ3) is 3.09. The van der Waals surface area contributed by atoms with Crippen LogP contribution in [0, 0.1) is 0 Å². The van der Waals surface area contributed by atoms with E-state index < -0.39 is 5.97 Å². The first-order chi connectivity index (χ1) is 10.1. The second-order valence-corrected chi connectivity index (χ2v) is 6.40. The predicted octanol–water partition coefficient (Wildman–Crippen LogP) is 4.85. The molecule has 0 saturated heterocycles. The van der Waals surface area contributed by atoms with Gasteiger partial charge in [0.2, 0.25) is 0 Å². The number of para-hydroxylation sites is 1. The molecule has 3 nitrogen and oxygen atoms in total. The molecule has 0 atom stereocenters. The lowest BCUT2D eigenvalue weighted by molar-refractivity contribution is 0.0698. The molecule has 0 aliphatic carbocycles. The number of hydrogen-bond donors (Lipinski definition) is 1. The van der Waals surface area contributed by atoms with Crippen molar-refractivity contribution in [1.82, 2.24) is 4.98 Å². The third-order valence-electron chi connectivity index (χ3n) is 2.94. The molecule has 2 aromatic carbocycles. The van der Waals surface area contributed by atoms with E-state index in [-0.39, 0.29) is 5.56 Å². The quantitative estimate of drug-likeness (QED) is 0.726. The summed E-state index contributed by atoms with van der Waals surface area (Å²) in [6.45, 7) is 0. The second-order valence-electron chi connectivity index (χ2n) is 4.39. The Morgan fingerprint density at radius 1 is 1.10 bits per heavy atom. The number of carboxylic acid groups (broad SMARTS) is 1. The number of fused-ring (bicyclic) bond motifs is 1. The van der Waals surface area contributed by atoms with E-state index in [0.29, 0.717) is 15.9 Å². The van der Waals surface area contributed by atoms with E-state index in [1.165, 1.54) is 11.8 Å². The van der Waals surface area contributed by atoms with E-state index >= 15 is 0 Å². The maximum Gasteiger partial charge on any atom is 0.336 e. The van der Waals surface area contributed by atoms with Gasteiger partial charge < -0.3 is 5.11 Å². The van der Waals surface area contributed by atoms with Crippen molar-refractivity contribution in [3.05, 3.63) is 64.6 Å². The van der Waals surface area contributed by atoms with Gasteiger partial charge in [0, 0.05) is 14.8 Å². The smallest absolute Gasteiger partial charge is 0.336 e. The lowest BCUT2D eigenvalue weighted by atomic mass is 10.1. The van der Waals surface area contributed by atoms with Gasteiger partial charge >= 0.3 is 5.97 Å². The van der Waals surface area contributed by atoms with E-state index in [0.717, 1.165) is 9.37 Å². The van der Waals surface area contributed by atoms with E-state index in [9.17, 15) is 9.90 Å². The Balaban J connectivity index is 2.09. The summed E-state index contributed by atoms with van der Waals surface area (Å²) in [5.74, 6) is -0.940. The van der Waals surface area contributed by atoms with Gasteiger partial charge in [-0.15, -0.1) is 0 Å². The third-order valence-corrected chi connectivity index (χ3v) is 4.34. The molecule has 5 heteroatoms. The van der Waals surface area contributed by atoms with Gasteiger partial charge in [0.05, 0.1) is 11.1 Å². The van der Waals surface area contributed by atoms with Gasteiger partial charge in [-0.25, -0.2) is 9.78 Å². The number of rotatable bonds is 3. The largest absolute Gasteiger partial charge is 0.478 e. The van der Waals surface area contributed by atoms with Gasteiger partial charge in [-0.1, -0.05) is 52.0 Å². The molecular weight excluding hydrogens is 350 g/mol. The standard InChI is InChI=1S/C16H10BrNO2S/c17-10-4-3-5-11(8-10)21-15-9-13(16(19)20)12-6-1-2-7-14(12)18-15/h1-9H,(H,19,20). The number of hydrogen-bond acceptors (Lipinski definition) is 3. The van der Waals surface area contributed by atoms with E-state index in [2.05, 4.69) is 20.9 Å². The summed E-state index contributed by atoms with van der Waals surface area (Å²) in [5, 5.41) is 10.7. The fraction of sp³-hybridized carbons (Fsp3) is 0.